The molecule has 1 heterocycles. The van der Waals surface area contributed by atoms with Gasteiger partial charge in [0, 0.05) is 43.4 Å². The summed E-state index contributed by atoms with van der Waals surface area (Å²) in [6.07, 6.45) is 1.37. The molecule has 0 aromatic heterocycles. The summed E-state index contributed by atoms with van der Waals surface area (Å²) < 4.78 is 11.7. The van der Waals surface area contributed by atoms with Crippen LogP contribution < -0.4 is 10.5 Å². The number of nitrogens with zero attached hydrogens (tertiary/aromatic N) is 1. The van der Waals surface area contributed by atoms with E-state index < -0.39 is 5.41 Å². The third-order valence-corrected chi connectivity index (χ3v) is 4.78. The second-order valence-electron chi connectivity index (χ2n) is 5.71. The van der Waals surface area contributed by atoms with Gasteiger partial charge in [0.1, 0.15) is 5.75 Å². The first kappa shape index (κ1) is 17.2. The Hall–Kier alpha value is -1.11. The highest BCUT2D eigenvalue weighted by atomic mass is 79.9. The van der Waals surface area contributed by atoms with Crippen molar-refractivity contribution in [3.8, 4) is 5.75 Å². The predicted molar refractivity (Wildman–Crippen MR) is 88.7 cm³/mol. The van der Waals surface area contributed by atoms with Crippen LogP contribution in [0.15, 0.2) is 22.7 Å². The quantitative estimate of drug-likeness (QED) is 0.862. The van der Waals surface area contributed by atoms with E-state index in [1.165, 1.54) is 0 Å². The molecule has 0 atom stereocenters. The Morgan fingerprint density at radius 2 is 2.14 bits per heavy atom. The standard InChI is InChI=1S/C16H23BrN2O3/c1-19(10-12-9-13(17)3-4-14(12)21-2)15(20)16(11-18)5-7-22-8-6-16/h3-4,9H,5-8,10-11,18H2,1-2H3. The first-order chi connectivity index (χ1) is 10.5. The van der Waals surface area contributed by atoms with Crippen LogP contribution in [-0.4, -0.2) is 44.7 Å². The summed E-state index contributed by atoms with van der Waals surface area (Å²) in [4.78, 5) is 14.6. The number of rotatable bonds is 5. The van der Waals surface area contributed by atoms with Crippen LogP contribution in [0.1, 0.15) is 18.4 Å². The zero-order chi connectivity index (χ0) is 16.2. The molecule has 1 aliphatic rings. The largest absolute Gasteiger partial charge is 0.496 e. The van der Waals surface area contributed by atoms with Crippen molar-refractivity contribution in [3.05, 3.63) is 28.2 Å². The Bertz CT molecular complexity index is 530. The van der Waals surface area contributed by atoms with Gasteiger partial charge >= 0.3 is 0 Å². The Labute approximate surface area is 139 Å². The number of ether oxygens (including phenoxy) is 2. The maximum Gasteiger partial charge on any atom is 0.230 e. The van der Waals surface area contributed by atoms with Gasteiger partial charge in [-0.2, -0.15) is 0 Å². The van der Waals surface area contributed by atoms with E-state index in [0.29, 0.717) is 39.1 Å². The fraction of sp³-hybridized carbons (Fsp3) is 0.562. The first-order valence-corrected chi connectivity index (χ1v) is 8.17. The summed E-state index contributed by atoms with van der Waals surface area (Å²) in [5.74, 6) is 0.858. The fourth-order valence-corrected chi connectivity index (χ4v) is 3.28. The molecule has 2 rings (SSSR count). The molecule has 22 heavy (non-hydrogen) atoms. The third kappa shape index (κ3) is 3.62. The smallest absolute Gasteiger partial charge is 0.230 e. The molecule has 0 radical (unpaired) electrons. The van der Waals surface area contributed by atoms with Gasteiger partial charge in [-0.15, -0.1) is 0 Å². The molecule has 0 bridgehead atoms. The zero-order valence-corrected chi connectivity index (χ0v) is 14.7. The van der Waals surface area contributed by atoms with Gasteiger partial charge in [-0.05, 0) is 31.0 Å². The highest BCUT2D eigenvalue weighted by Crippen LogP contribution is 2.32. The summed E-state index contributed by atoms with van der Waals surface area (Å²) in [5.41, 5.74) is 6.39. The number of amides is 1. The van der Waals surface area contributed by atoms with Gasteiger partial charge in [-0.3, -0.25) is 4.79 Å². The van der Waals surface area contributed by atoms with Gasteiger partial charge in [0.2, 0.25) is 5.91 Å². The lowest BCUT2D eigenvalue weighted by atomic mass is 9.79. The van der Waals surface area contributed by atoms with E-state index in [0.717, 1.165) is 15.8 Å². The molecule has 0 spiro atoms. The average Bonchev–Trinajstić information content (AvgIpc) is 2.55. The average molecular weight is 371 g/mol. The van der Waals surface area contributed by atoms with E-state index >= 15 is 0 Å². The highest BCUT2D eigenvalue weighted by Gasteiger charge is 2.40. The normalized spacial score (nSPS) is 17.1. The Balaban J connectivity index is 2.15. The summed E-state index contributed by atoms with van der Waals surface area (Å²) in [5, 5.41) is 0. The Morgan fingerprint density at radius 1 is 1.45 bits per heavy atom. The van der Waals surface area contributed by atoms with E-state index in [1.54, 1.807) is 12.0 Å². The maximum absolute atomic E-state index is 12.9. The van der Waals surface area contributed by atoms with Crippen LogP contribution in [0.2, 0.25) is 0 Å². The topological polar surface area (TPSA) is 64.8 Å². The Morgan fingerprint density at radius 3 is 2.73 bits per heavy atom. The number of nitrogens with two attached hydrogens (primary N) is 1. The molecule has 1 aliphatic heterocycles. The molecule has 0 aliphatic carbocycles. The fourth-order valence-electron chi connectivity index (χ4n) is 2.87. The molecule has 0 saturated carbocycles. The van der Waals surface area contributed by atoms with Gasteiger partial charge in [0.25, 0.3) is 0 Å². The van der Waals surface area contributed by atoms with Crippen LogP contribution in [-0.2, 0) is 16.1 Å². The number of benzene rings is 1. The molecule has 1 saturated heterocycles. The molecule has 5 nitrogen and oxygen atoms in total. The second kappa shape index (κ2) is 7.44. The number of halogens is 1. The lowest BCUT2D eigenvalue weighted by molar-refractivity contribution is -0.146. The summed E-state index contributed by atoms with van der Waals surface area (Å²) in [7, 11) is 3.45. The number of carbonyl (C=O) groups excluding carboxylic acids is 1. The maximum atomic E-state index is 12.9. The van der Waals surface area contributed by atoms with Gasteiger partial charge in [-0.25, -0.2) is 0 Å². The van der Waals surface area contributed by atoms with Gasteiger partial charge in [-0.1, -0.05) is 15.9 Å². The number of hydrogen-bond donors (Lipinski definition) is 1. The van der Waals surface area contributed by atoms with Crippen molar-refractivity contribution < 1.29 is 14.3 Å². The molecular formula is C16H23BrN2O3. The van der Waals surface area contributed by atoms with E-state index in [9.17, 15) is 4.79 Å². The lowest BCUT2D eigenvalue weighted by Crippen LogP contribution is -2.49. The van der Waals surface area contributed by atoms with Gasteiger partial charge in [0.15, 0.2) is 0 Å². The van der Waals surface area contributed by atoms with Crippen molar-refractivity contribution in [1.82, 2.24) is 4.90 Å². The van der Waals surface area contributed by atoms with Crippen molar-refractivity contribution in [2.45, 2.75) is 19.4 Å². The zero-order valence-electron chi connectivity index (χ0n) is 13.1. The number of hydrogen-bond acceptors (Lipinski definition) is 4. The van der Waals surface area contributed by atoms with Crippen molar-refractivity contribution in [2.75, 3.05) is 33.9 Å². The highest BCUT2D eigenvalue weighted by molar-refractivity contribution is 9.10. The van der Waals surface area contributed by atoms with E-state index in [2.05, 4.69) is 15.9 Å². The van der Waals surface area contributed by atoms with Crippen molar-refractivity contribution in [3.63, 3.8) is 0 Å². The molecule has 122 valence electrons. The SMILES string of the molecule is COc1ccc(Br)cc1CN(C)C(=O)C1(CN)CCOCC1. The van der Waals surface area contributed by atoms with Crippen molar-refractivity contribution >= 4 is 21.8 Å². The summed E-state index contributed by atoms with van der Waals surface area (Å²) in [6, 6.07) is 5.79. The van der Waals surface area contributed by atoms with Crippen LogP contribution in [0.3, 0.4) is 0 Å². The minimum Gasteiger partial charge on any atom is -0.496 e. The number of carbonyl (C=O) groups is 1. The number of methoxy groups -OCH3 is 1. The van der Waals surface area contributed by atoms with Gasteiger partial charge < -0.3 is 20.1 Å². The third-order valence-electron chi connectivity index (χ3n) is 4.29. The van der Waals surface area contributed by atoms with E-state index in [4.69, 9.17) is 15.2 Å². The minimum absolute atomic E-state index is 0.0836. The molecule has 6 heteroatoms. The minimum atomic E-state index is -0.494. The van der Waals surface area contributed by atoms with E-state index in [1.807, 2.05) is 25.2 Å². The van der Waals surface area contributed by atoms with Crippen LogP contribution in [0.4, 0.5) is 0 Å². The Kier molecular flexibility index (Phi) is 5.83. The van der Waals surface area contributed by atoms with Crippen molar-refractivity contribution in [1.29, 1.82) is 0 Å². The molecule has 1 aromatic carbocycles. The van der Waals surface area contributed by atoms with Gasteiger partial charge in [0.05, 0.1) is 12.5 Å². The molecule has 2 N–H and O–H groups in total. The van der Waals surface area contributed by atoms with Crippen LogP contribution >= 0.6 is 15.9 Å². The summed E-state index contributed by atoms with van der Waals surface area (Å²) in [6.45, 7) is 2.03. The molecule has 1 amide bonds. The monoisotopic (exact) mass is 370 g/mol. The van der Waals surface area contributed by atoms with Crippen LogP contribution in [0.5, 0.6) is 5.75 Å². The summed E-state index contributed by atoms with van der Waals surface area (Å²) >= 11 is 3.46. The predicted octanol–water partition coefficient (Wildman–Crippen LogP) is 2.17. The molecule has 1 fully saturated rings. The van der Waals surface area contributed by atoms with Crippen LogP contribution in [0, 0.1) is 5.41 Å². The molecular weight excluding hydrogens is 348 g/mol. The second-order valence-corrected chi connectivity index (χ2v) is 6.63. The molecule has 0 unspecified atom stereocenters. The molecule has 1 aromatic rings. The van der Waals surface area contributed by atoms with Crippen molar-refractivity contribution in [2.24, 2.45) is 11.1 Å². The van der Waals surface area contributed by atoms with Crippen LogP contribution in [0.25, 0.3) is 0 Å². The lowest BCUT2D eigenvalue weighted by Gasteiger charge is -2.37. The first-order valence-electron chi connectivity index (χ1n) is 7.38. The van der Waals surface area contributed by atoms with E-state index in [-0.39, 0.29) is 5.91 Å².